The van der Waals surface area contributed by atoms with Crippen LogP contribution in [0.25, 0.3) is 16.7 Å². The quantitative estimate of drug-likeness (QED) is 0.151. The highest BCUT2D eigenvalue weighted by molar-refractivity contribution is 6.12. The van der Waals surface area contributed by atoms with Crippen LogP contribution in [0.4, 0.5) is 79.0 Å². The van der Waals surface area contributed by atoms with Crippen LogP contribution < -0.4 is 0 Å². The average molecular weight is 789 g/mol. The van der Waals surface area contributed by atoms with Gasteiger partial charge in [0, 0.05) is 44.5 Å². The number of hydrogen-bond acceptors (Lipinski definition) is 3. The largest absolute Gasteiger partial charge is 0.422 e. The smallest absolute Gasteiger partial charge is 0.206 e. The van der Waals surface area contributed by atoms with Gasteiger partial charge in [-0.05, 0) is 26.3 Å². The Morgan fingerprint density at radius 3 is 0.889 bits per heavy atom. The van der Waals surface area contributed by atoms with Crippen LogP contribution in [-0.4, -0.2) is 0 Å². The van der Waals surface area contributed by atoms with Gasteiger partial charge in [0.05, 0.1) is 16.7 Å². The third-order valence-corrected chi connectivity index (χ3v) is 8.01. The van der Waals surface area contributed by atoms with Crippen LogP contribution in [0, 0.1) is 107 Å². The zero-order valence-corrected chi connectivity index (χ0v) is 26.1. The van der Waals surface area contributed by atoms with Gasteiger partial charge in [0.2, 0.25) is 0 Å². The number of nitriles is 3. The molecule has 4 rings (SSSR count). The molecule has 0 saturated heterocycles. The molecule has 1 fully saturated rings. The van der Waals surface area contributed by atoms with Crippen molar-refractivity contribution in [2.45, 2.75) is 39.3 Å². The maximum Gasteiger partial charge on any atom is 0.422 e. The SMILES string of the molecule is Cc1c(F)c(F)c(/C(C#N)=C2\C(=C(C#N)c3c(C)c(F)c(C(F)(F)F)c(F)c3F)\C2=C(/C#N)c2c(F)c(F)c(C)c(F)c2C(F)(F)F)c(C(F)(F)F)c1F. The highest BCUT2D eigenvalue weighted by Crippen LogP contribution is 2.59. The summed E-state index contributed by atoms with van der Waals surface area (Å²) in [5, 5.41) is 29.8. The van der Waals surface area contributed by atoms with Crippen LogP contribution in [0.15, 0.2) is 16.7 Å². The fourth-order valence-corrected chi connectivity index (χ4v) is 5.53. The van der Waals surface area contributed by atoms with Gasteiger partial charge in [-0.3, -0.25) is 0 Å². The average Bonchev–Trinajstić information content (AvgIpc) is 3.77. The van der Waals surface area contributed by atoms with Crippen LogP contribution in [0.1, 0.15) is 50.1 Å². The number of benzene rings is 3. The second kappa shape index (κ2) is 13.2. The number of nitrogens with zero attached hydrogens (tertiary/aromatic N) is 3. The van der Waals surface area contributed by atoms with Crippen molar-refractivity contribution in [3.63, 3.8) is 0 Å². The first-order valence-corrected chi connectivity index (χ1v) is 13.8. The van der Waals surface area contributed by atoms with Gasteiger partial charge in [0.1, 0.15) is 52.3 Å². The van der Waals surface area contributed by atoms with E-state index in [1.165, 1.54) is 0 Å². The molecule has 0 unspecified atom stereocenters. The second-order valence-electron chi connectivity index (χ2n) is 11.0. The van der Waals surface area contributed by atoms with E-state index < -0.39 is 154 Å². The Kier molecular flexibility index (Phi) is 9.98. The zero-order valence-electron chi connectivity index (χ0n) is 26.1. The topological polar surface area (TPSA) is 71.4 Å². The van der Waals surface area contributed by atoms with E-state index >= 15 is 13.2 Å². The van der Waals surface area contributed by atoms with Gasteiger partial charge in [-0.25, -0.2) is 39.5 Å². The lowest BCUT2D eigenvalue weighted by Crippen LogP contribution is -2.17. The number of alkyl halides is 9. The lowest BCUT2D eigenvalue weighted by atomic mass is 9.93. The Labute approximate surface area is 288 Å². The third-order valence-electron chi connectivity index (χ3n) is 8.01. The molecule has 0 amide bonds. The van der Waals surface area contributed by atoms with Crippen molar-refractivity contribution in [2.24, 2.45) is 0 Å². The van der Waals surface area contributed by atoms with Crippen LogP contribution >= 0.6 is 0 Å². The van der Waals surface area contributed by atoms with Crippen molar-refractivity contribution < 1.29 is 79.0 Å². The molecule has 0 aliphatic heterocycles. The molecule has 1 saturated carbocycles. The van der Waals surface area contributed by atoms with Crippen LogP contribution in [-0.2, 0) is 18.5 Å². The van der Waals surface area contributed by atoms with E-state index in [2.05, 4.69) is 0 Å². The number of halogens is 18. The van der Waals surface area contributed by atoms with E-state index in [0.29, 0.717) is 0 Å². The maximum absolute atomic E-state index is 15.4. The molecule has 282 valence electrons. The van der Waals surface area contributed by atoms with Gasteiger partial charge < -0.3 is 0 Å². The Bertz CT molecular complexity index is 2290. The van der Waals surface area contributed by atoms with E-state index in [-0.39, 0.29) is 20.8 Å². The molecule has 3 nitrogen and oxygen atoms in total. The number of rotatable bonds is 3. The zero-order chi connectivity index (χ0) is 41.5. The molecule has 21 heteroatoms. The minimum atomic E-state index is -6.12. The lowest BCUT2D eigenvalue weighted by Gasteiger charge is -2.17. The first-order valence-electron chi connectivity index (χ1n) is 13.8. The molecule has 0 heterocycles. The molecule has 1 aliphatic carbocycles. The van der Waals surface area contributed by atoms with Gasteiger partial charge in [0.15, 0.2) is 34.9 Å². The van der Waals surface area contributed by atoms with E-state index in [0.717, 1.165) is 18.2 Å². The van der Waals surface area contributed by atoms with Gasteiger partial charge in [0.25, 0.3) is 0 Å². The summed E-state index contributed by atoms with van der Waals surface area (Å²) in [5.41, 5.74) is -31.8. The van der Waals surface area contributed by atoms with Crippen LogP contribution in [0.2, 0.25) is 0 Å². The van der Waals surface area contributed by atoms with Crippen molar-refractivity contribution in [3.8, 4) is 18.2 Å². The first-order chi connectivity index (χ1) is 24.6. The molecular weight excluding hydrogens is 780 g/mol. The van der Waals surface area contributed by atoms with Gasteiger partial charge in [-0.15, -0.1) is 0 Å². The Morgan fingerprint density at radius 1 is 0.352 bits per heavy atom. The van der Waals surface area contributed by atoms with E-state index in [9.17, 15) is 81.6 Å². The number of hydrogen-bond donors (Lipinski definition) is 0. The first kappa shape index (κ1) is 40.9. The predicted octanol–water partition coefficient (Wildman–Crippen LogP) is 11.2. The van der Waals surface area contributed by atoms with E-state index in [1.54, 1.807) is 0 Å². The van der Waals surface area contributed by atoms with Crippen LogP contribution in [0.3, 0.4) is 0 Å². The molecule has 3 aromatic carbocycles. The van der Waals surface area contributed by atoms with Crippen molar-refractivity contribution in [3.05, 3.63) is 119 Å². The molecule has 0 radical (unpaired) electrons. The van der Waals surface area contributed by atoms with Crippen molar-refractivity contribution in [1.29, 1.82) is 15.8 Å². The Hall–Kier alpha value is -5.91. The summed E-state index contributed by atoms with van der Waals surface area (Å²) in [7, 11) is 0. The second-order valence-corrected chi connectivity index (χ2v) is 11.0. The van der Waals surface area contributed by atoms with Crippen molar-refractivity contribution in [2.75, 3.05) is 0 Å². The normalized spacial score (nSPS) is 16.1. The molecule has 0 spiro atoms. The predicted molar refractivity (Wildman–Crippen MR) is 146 cm³/mol. The third kappa shape index (κ3) is 6.09. The Morgan fingerprint density at radius 2 is 0.611 bits per heavy atom. The van der Waals surface area contributed by atoms with Crippen molar-refractivity contribution in [1.82, 2.24) is 0 Å². The summed E-state index contributed by atoms with van der Waals surface area (Å²) in [6.45, 7) is 0.759. The minimum Gasteiger partial charge on any atom is -0.206 e. The molecule has 1 aliphatic rings. The summed E-state index contributed by atoms with van der Waals surface area (Å²) in [4.78, 5) is 0. The summed E-state index contributed by atoms with van der Waals surface area (Å²) in [6, 6.07) is 2.42. The molecule has 3 aromatic rings. The summed E-state index contributed by atoms with van der Waals surface area (Å²) < 4.78 is 261. The highest BCUT2D eigenvalue weighted by Gasteiger charge is 2.50. The van der Waals surface area contributed by atoms with Gasteiger partial charge in [-0.1, -0.05) is 0 Å². The number of allylic oxidation sites excluding steroid dienone is 6. The molecule has 0 bridgehead atoms. The minimum absolute atomic E-state index is 0.226. The summed E-state index contributed by atoms with van der Waals surface area (Å²) in [6.07, 6.45) is -18.3. The molecule has 0 atom stereocenters. The molecule has 0 N–H and O–H groups in total. The standard InChI is InChI=1S/C33H9F18N3/c1-7-13(27(39)30(42)21(22(7)34)33(49,50)51)10(4-52)14-15(11(5-53)17-19(31(43,44)45)23(35)8(2)25(37)28(17)40)16(14)12(6-54)18-20(32(46,47)48)24(36)9(3)26(38)29(18)41/h1-3H3/b14-10?,15-11-,16-12+. The van der Waals surface area contributed by atoms with E-state index in [1.807, 2.05) is 0 Å². The highest BCUT2D eigenvalue weighted by atomic mass is 19.4. The maximum atomic E-state index is 15.4. The van der Waals surface area contributed by atoms with E-state index in [4.69, 9.17) is 0 Å². The van der Waals surface area contributed by atoms with Crippen LogP contribution in [0.5, 0.6) is 0 Å². The molecule has 0 aromatic heterocycles. The fourth-order valence-electron chi connectivity index (χ4n) is 5.53. The monoisotopic (exact) mass is 789 g/mol. The Balaban J connectivity index is 2.47. The van der Waals surface area contributed by atoms with Gasteiger partial charge in [-0.2, -0.15) is 55.3 Å². The summed E-state index contributed by atoms with van der Waals surface area (Å²) >= 11 is 0. The lowest BCUT2D eigenvalue weighted by molar-refractivity contribution is -0.143. The van der Waals surface area contributed by atoms with Gasteiger partial charge >= 0.3 is 18.5 Å². The van der Waals surface area contributed by atoms with Crippen molar-refractivity contribution >= 4 is 16.7 Å². The molecule has 54 heavy (non-hydrogen) atoms. The molecular formula is C33H9F18N3. The fraction of sp³-hybridized carbons (Fsp3) is 0.182. The summed E-state index contributed by atoms with van der Waals surface area (Å²) in [5.74, 6) is -24.3.